The number of benzene rings is 3. The van der Waals surface area contributed by atoms with Crippen LogP contribution in [-0.2, 0) is 16.4 Å². The summed E-state index contributed by atoms with van der Waals surface area (Å²) in [5.74, 6) is -5.58. The van der Waals surface area contributed by atoms with Crippen LogP contribution in [0.2, 0.25) is 0 Å². The van der Waals surface area contributed by atoms with Gasteiger partial charge in [-0.15, -0.1) is 0 Å². The maximum atomic E-state index is 13.9. The third-order valence-corrected chi connectivity index (χ3v) is 6.90. The van der Waals surface area contributed by atoms with Crippen molar-refractivity contribution in [3.63, 3.8) is 0 Å². The third kappa shape index (κ3) is 3.93. The van der Waals surface area contributed by atoms with Gasteiger partial charge >= 0.3 is 0 Å². The van der Waals surface area contributed by atoms with E-state index in [1.165, 1.54) is 12.1 Å². The quantitative estimate of drug-likeness (QED) is 0.573. The van der Waals surface area contributed by atoms with Gasteiger partial charge in [0.25, 0.3) is 15.9 Å². The van der Waals surface area contributed by atoms with E-state index in [4.69, 9.17) is 0 Å². The second-order valence-corrected chi connectivity index (χ2v) is 9.01. The Morgan fingerprint density at radius 3 is 2.28 bits per heavy atom. The van der Waals surface area contributed by atoms with Crippen LogP contribution in [0.25, 0.3) is 0 Å². The molecule has 0 unspecified atom stereocenters. The summed E-state index contributed by atoms with van der Waals surface area (Å²) in [5.41, 5.74) is 0.227. The van der Waals surface area contributed by atoms with Gasteiger partial charge in [-0.05, 0) is 60.9 Å². The molecule has 0 bridgehead atoms. The number of nitrogens with one attached hydrogen (secondary N) is 1. The summed E-state index contributed by atoms with van der Waals surface area (Å²) in [6, 6.07) is 9.76. The lowest BCUT2D eigenvalue weighted by Crippen LogP contribution is -2.35. The average molecular weight is 464 g/mol. The normalized spacial score (nSPS) is 13.6. The van der Waals surface area contributed by atoms with Gasteiger partial charge in [-0.25, -0.2) is 26.0 Å². The van der Waals surface area contributed by atoms with Gasteiger partial charge in [-0.1, -0.05) is 12.1 Å². The highest BCUT2D eigenvalue weighted by Gasteiger charge is 2.30. The summed E-state index contributed by atoms with van der Waals surface area (Å²) >= 11 is 0. The predicted molar refractivity (Wildman–Crippen MR) is 110 cm³/mol. The Labute approximate surface area is 181 Å². The number of hydrogen-bond donors (Lipinski definition) is 1. The van der Waals surface area contributed by atoms with Gasteiger partial charge in [0.05, 0.1) is 10.6 Å². The SMILES string of the molecule is O=C(Nc1ccc2c(c1)N(S(=O)(=O)c1ccc(F)c(F)c1)CCC2)c1c(F)cccc1F. The smallest absolute Gasteiger partial charge is 0.264 e. The van der Waals surface area contributed by atoms with E-state index in [0.29, 0.717) is 24.5 Å². The van der Waals surface area contributed by atoms with Crippen molar-refractivity contribution in [1.82, 2.24) is 0 Å². The molecular weight excluding hydrogens is 448 g/mol. The molecule has 166 valence electrons. The van der Waals surface area contributed by atoms with Crippen molar-refractivity contribution in [1.29, 1.82) is 0 Å². The first kappa shape index (κ1) is 21.8. The summed E-state index contributed by atoms with van der Waals surface area (Å²) in [6.45, 7) is 0.0771. The number of nitrogens with zero attached hydrogens (tertiary/aromatic N) is 1. The van der Waals surface area contributed by atoms with Crippen LogP contribution in [-0.4, -0.2) is 20.9 Å². The minimum absolute atomic E-state index is 0.0771. The number of sulfonamides is 1. The molecule has 3 aromatic carbocycles. The molecule has 0 fully saturated rings. The molecule has 0 spiro atoms. The summed E-state index contributed by atoms with van der Waals surface area (Å²) in [6.07, 6.45) is 1.04. The Hall–Kier alpha value is -3.40. The average Bonchev–Trinajstić information content (AvgIpc) is 2.75. The minimum Gasteiger partial charge on any atom is -0.322 e. The number of halogens is 4. The maximum Gasteiger partial charge on any atom is 0.264 e. The molecule has 10 heteroatoms. The zero-order valence-corrected chi connectivity index (χ0v) is 17.2. The summed E-state index contributed by atoms with van der Waals surface area (Å²) in [5, 5.41) is 2.37. The van der Waals surface area contributed by atoms with E-state index in [0.717, 1.165) is 34.6 Å². The van der Waals surface area contributed by atoms with Crippen molar-refractivity contribution in [2.24, 2.45) is 0 Å². The van der Waals surface area contributed by atoms with E-state index in [2.05, 4.69) is 5.32 Å². The molecule has 3 aromatic rings. The lowest BCUT2D eigenvalue weighted by molar-refractivity contribution is 0.101. The van der Waals surface area contributed by atoms with E-state index in [-0.39, 0.29) is 17.9 Å². The molecule has 1 aliphatic heterocycles. The summed E-state index contributed by atoms with van der Waals surface area (Å²) < 4.78 is 82.0. The van der Waals surface area contributed by atoms with Gasteiger partial charge in [0, 0.05) is 12.2 Å². The molecule has 0 radical (unpaired) electrons. The van der Waals surface area contributed by atoms with Crippen LogP contribution in [0.3, 0.4) is 0 Å². The van der Waals surface area contributed by atoms with E-state index < -0.39 is 49.7 Å². The highest BCUT2D eigenvalue weighted by Crippen LogP contribution is 2.34. The van der Waals surface area contributed by atoms with Gasteiger partial charge in [0.15, 0.2) is 11.6 Å². The number of anilines is 2. The van der Waals surface area contributed by atoms with Gasteiger partial charge in [-0.2, -0.15) is 0 Å². The van der Waals surface area contributed by atoms with Crippen molar-refractivity contribution < 1.29 is 30.8 Å². The Morgan fingerprint density at radius 1 is 0.875 bits per heavy atom. The topological polar surface area (TPSA) is 66.5 Å². The first-order valence-electron chi connectivity index (χ1n) is 9.54. The van der Waals surface area contributed by atoms with E-state index in [1.54, 1.807) is 6.07 Å². The van der Waals surface area contributed by atoms with E-state index in [9.17, 15) is 30.8 Å². The molecule has 5 nitrogen and oxygen atoms in total. The number of rotatable bonds is 4. The number of carbonyl (C=O) groups excluding carboxylic acids is 1. The zero-order valence-electron chi connectivity index (χ0n) is 16.4. The Kier molecular flexibility index (Phi) is 5.64. The van der Waals surface area contributed by atoms with Crippen LogP contribution < -0.4 is 9.62 Å². The number of carbonyl (C=O) groups is 1. The first-order valence-corrected chi connectivity index (χ1v) is 11.0. The highest BCUT2D eigenvalue weighted by molar-refractivity contribution is 7.92. The number of fused-ring (bicyclic) bond motifs is 1. The van der Waals surface area contributed by atoms with Crippen molar-refractivity contribution in [3.05, 3.63) is 89.0 Å². The number of amides is 1. The van der Waals surface area contributed by atoms with Crippen LogP contribution >= 0.6 is 0 Å². The van der Waals surface area contributed by atoms with Gasteiger partial charge in [0.1, 0.15) is 17.2 Å². The number of aryl methyl sites for hydroxylation is 1. The standard InChI is InChI=1S/C22H16F4N2O3S/c23-16-9-8-15(12-19(16)26)32(30,31)28-10-2-3-13-6-7-14(11-20(13)28)27-22(29)21-17(24)4-1-5-18(21)25/h1,4-9,11-12H,2-3,10H2,(H,27,29). The highest BCUT2D eigenvalue weighted by atomic mass is 32.2. The second-order valence-electron chi connectivity index (χ2n) is 7.15. The monoisotopic (exact) mass is 464 g/mol. The molecule has 1 heterocycles. The molecule has 1 aliphatic rings. The fourth-order valence-corrected chi connectivity index (χ4v) is 5.09. The van der Waals surface area contributed by atoms with Gasteiger partial charge in [0.2, 0.25) is 0 Å². The summed E-state index contributed by atoms with van der Waals surface area (Å²) in [7, 11) is -4.23. The maximum absolute atomic E-state index is 13.9. The van der Waals surface area contributed by atoms with Crippen molar-refractivity contribution >= 4 is 27.3 Å². The molecule has 32 heavy (non-hydrogen) atoms. The van der Waals surface area contributed by atoms with Crippen molar-refractivity contribution in [2.75, 3.05) is 16.2 Å². The molecule has 1 amide bonds. The van der Waals surface area contributed by atoms with Crippen LogP contribution in [0, 0.1) is 23.3 Å². The second kappa shape index (κ2) is 8.27. The molecule has 4 rings (SSSR count). The molecule has 0 saturated carbocycles. The molecule has 0 saturated heterocycles. The Bertz CT molecular complexity index is 1310. The molecule has 1 N–H and O–H groups in total. The largest absolute Gasteiger partial charge is 0.322 e. The fourth-order valence-electron chi connectivity index (χ4n) is 3.54. The van der Waals surface area contributed by atoms with E-state index >= 15 is 0 Å². The molecular formula is C22H16F4N2O3S. The zero-order chi connectivity index (χ0) is 23.0. The van der Waals surface area contributed by atoms with Crippen molar-refractivity contribution in [3.8, 4) is 0 Å². The molecule has 0 atom stereocenters. The Balaban J connectivity index is 1.69. The fraction of sp³-hybridized carbons (Fsp3) is 0.136. The molecule has 0 aromatic heterocycles. The van der Waals surface area contributed by atoms with Crippen LogP contribution in [0.1, 0.15) is 22.3 Å². The Morgan fingerprint density at radius 2 is 1.59 bits per heavy atom. The number of hydrogen-bond acceptors (Lipinski definition) is 3. The predicted octanol–water partition coefficient (Wildman–Crippen LogP) is 4.64. The lowest BCUT2D eigenvalue weighted by atomic mass is 10.0. The van der Waals surface area contributed by atoms with Crippen LogP contribution in [0.4, 0.5) is 28.9 Å². The third-order valence-electron chi connectivity index (χ3n) is 5.09. The molecule has 0 aliphatic carbocycles. The van der Waals surface area contributed by atoms with Crippen LogP contribution in [0.15, 0.2) is 59.5 Å². The van der Waals surface area contributed by atoms with Crippen LogP contribution in [0.5, 0.6) is 0 Å². The summed E-state index contributed by atoms with van der Waals surface area (Å²) in [4.78, 5) is 12.0. The minimum atomic E-state index is -4.23. The lowest BCUT2D eigenvalue weighted by Gasteiger charge is -2.31. The van der Waals surface area contributed by atoms with E-state index in [1.807, 2.05) is 0 Å². The van der Waals surface area contributed by atoms with Gasteiger partial charge < -0.3 is 5.32 Å². The van der Waals surface area contributed by atoms with Crippen molar-refractivity contribution in [2.45, 2.75) is 17.7 Å². The van der Waals surface area contributed by atoms with Gasteiger partial charge in [-0.3, -0.25) is 9.10 Å². The first-order chi connectivity index (χ1) is 15.2.